The average molecular weight is 340 g/mol. The van der Waals surface area contributed by atoms with Gasteiger partial charge in [0.1, 0.15) is 11.3 Å². The number of nitrogens with zero attached hydrogens (tertiary/aromatic N) is 1. The van der Waals surface area contributed by atoms with Crippen molar-refractivity contribution in [2.75, 3.05) is 5.32 Å². The van der Waals surface area contributed by atoms with E-state index in [1.807, 2.05) is 0 Å². The smallest absolute Gasteiger partial charge is 0.340 e. The van der Waals surface area contributed by atoms with Gasteiger partial charge in [-0.1, -0.05) is 0 Å². The van der Waals surface area contributed by atoms with Gasteiger partial charge < -0.3 is 19.4 Å². The van der Waals surface area contributed by atoms with E-state index in [-0.39, 0.29) is 28.9 Å². The van der Waals surface area contributed by atoms with E-state index < -0.39 is 11.5 Å². The predicted octanol–water partition coefficient (Wildman–Crippen LogP) is 1.69. The number of phenols is 1. The van der Waals surface area contributed by atoms with Gasteiger partial charge in [-0.25, -0.2) is 4.79 Å². The fourth-order valence-electron chi connectivity index (χ4n) is 2.62. The van der Waals surface area contributed by atoms with Crippen LogP contribution in [-0.2, 0) is 18.3 Å². The first-order valence-electron chi connectivity index (χ1n) is 7.57. The molecule has 2 aromatic heterocycles. The molecule has 3 aromatic rings. The largest absolute Gasteiger partial charge is 0.508 e. The fraction of sp³-hybridized carbons (Fsp3) is 0.167. The van der Waals surface area contributed by atoms with E-state index in [9.17, 15) is 19.5 Å². The van der Waals surface area contributed by atoms with Crippen LogP contribution in [0.5, 0.6) is 5.75 Å². The van der Waals surface area contributed by atoms with Gasteiger partial charge in [-0.15, -0.1) is 0 Å². The van der Waals surface area contributed by atoms with Crippen molar-refractivity contribution in [1.82, 2.24) is 4.57 Å². The van der Waals surface area contributed by atoms with E-state index in [4.69, 9.17) is 4.42 Å². The Balaban J connectivity index is 1.90. The first-order valence-corrected chi connectivity index (χ1v) is 7.57. The van der Waals surface area contributed by atoms with E-state index >= 15 is 0 Å². The van der Waals surface area contributed by atoms with Crippen LogP contribution in [0.25, 0.3) is 11.0 Å². The molecular formula is C18H16N2O5. The standard InChI is InChI=1S/C18H16N2O5/c1-10-13-5-4-12(21)7-15(13)25-18(24)14(10)8-16(22)19-11-3-6-17(23)20(2)9-11/h3-7,9,21H,8H2,1-2H3,(H,19,22). The molecule has 0 bridgehead atoms. The van der Waals surface area contributed by atoms with Crippen molar-refractivity contribution in [1.29, 1.82) is 0 Å². The molecule has 128 valence electrons. The van der Waals surface area contributed by atoms with Crippen molar-refractivity contribution < 1.29 is 14.3 Å². The van der Waals surface area contributed by atoms with Crippen LogP contribution in [0.15, 0.2) is 50.5 Å². The molecule has 0 radical (unpaired) electrons. The van der Waals surface area contributed by atoms with Crippen molar-refractivity contribution in [2.45, 2.75) is 13.3 Å². The highest BCUT2D eigenvalue weighted by Gasteiger charge is 2.15. The first-order chi connectivity index (χ1) is 11.8. The fourth-order valence-corrected chi connectivity index (χ4v) is 2.62. The van der Waals surface area contributed by atoms with Gasteiger partial charge in [0.15, 0.2) is 0 Å². The second-order valence-electron chi connectivity index (χ2n) is 5.77. The third kappa shape index (κ3) is 3.30. The Bertz CT molecular complexity index is 1090. The van der Waals surface area contributed by atoms with Crippen molar-refractivity contribution in [2.24, 2.45) is 7.05 Å². The minimum absolute atomic E-state index is 0.00441. The van der Waals surface area contributed by atoms with E-state index in [1.165, 1.54) is 35.0 Å². The third-order valence-corrected chi connectivity index (χ3v) is 3.98. The van der Waals surface area contributed by atoms with Gasteiger partial charge in [0, 0.05) is 30.8 Å². The number of nitrogens with one attached hydrogen (secondary N) is 1. The van der Waals surface area contributed by atoms with E-state index in [0.29, 0.717) is 16.6 Å². The van der Waals surface area contributed by atoms with Gasteiger partial charge >= 0.3 is 5.63 Å². The van der Waals surface area contributed by atoms with Crippen molar-refractivity contribution in [3.63, 3.8) is 0 Å². The molecule has 7 nitrogen and oxygen atoms in total. The van der Waals surface area contributed by atoms with Crippen molar-refractivity contribution in [3.05, 3.63) is 68.4 Å². The molecule has 0 fully saturated rings. The molecule has 0 aliphatic heterocycles. The lowest BCUT2D eigenvalue weighted by Crippen LogP contribution is -2.22. The Kier molecular flexibility index (Phi) is 4.14. The number of aryl methyl sites for hydroxylation is 2. The molecule has 3 rings (SSSR count). The number of hydrogen-bond donors (Lipinski definition) is 2. The van der Waals surface area contributed by atoms with Gasteiger partial charge in [-0.05, 0) is 30.7 Å². The van der Waals surface area contributed by atoms with E-state index in [2.05, 4.69) is 5.32 Å². The summed E-state index contributed by atoms with van der Waals surface area (Å²) in [5.41, 5.74) is 0.797. The Labute approximate surface area is 142 Å². The average Bonchev–Trinajstić information content (AvgIpc) is 2.54. The number of fused-ring (bicyclic) bond motifs is 1. The van der Waals surface area contributed by atoms with Crippen LogP contribution in [-0.4, -0.2) is 15.6 Å². The van der Waals surface area contributed by atoms with Gasteiger partial charge in [-0.3, -0.25) is 9.59 Å². The summed E-state index contributed by atoms with van der Waals surface area (Å²) >= 11 is 0. The second-order valence-corrected chi connectivity index (χ2v) is 5.77. The van der Waals surface area contributed by atoms with Crippen molar-refractivity contribution in [3.8, 4) is 5.75 Å². The zero-order chi connectivity index (χ0) is 18.1. The summed E-state index contributed by atoms with van der Waals surface area (Å²) < 4.78 is 6.54. The molecule has 0 saturated heterocycles. The molecule has 0 saturated carbocycles. The highest BCUT2D eigenvalue weighted by Crippen LogP contribution is 2.23. The number of aromatic hydroxyl groups is 1. The summed E-state index contributed by atoms with van der Waals surface area (Å²) in [5.74, 6) is -0.401. The highest BCUT2D eigenvalue weighted by atomic mass is 16.4. The summed E-state index contributed by atoms with van der Waals surface area (Å²) in [6.45, 7) is 1.73. The summed E-state index contributed by atoms with van der Waals surface area (Å²) in [5, 5.41) is 12.8. The molecule has 1 amide bonds. The van der Waals surface area contributed by atoms with Gasteiger partial charge in [0.25, 0.3) is 0 Å². The molecular weight excluding hydrogens is 324 g/mol. The van der Waals surface area contributed by atoms with Crippen LogP contribution in [0.1, 0.15) is 11.1 Å². The Morgan fingerprint density at radius 3 is 2.72 bits per heavy atom. The highest BCUT2D eigenvalue weighted by molar-refractivity contribution is 5.93. The second kappa shape index (κ2) is 6.27. The molecule has 0 spiro atoms. The van der Waals surface area contributed by atoms with Crippen LogP contribution in [0, 0.1) is 6.92 Å². The van der Waals surface area contributed by atoms with Crippen LogP contribution >= 0.6 is 0 Å². The zero-order valence-corrected chi connectivity index (χ0v) is 13.7. The van der Waals surface area contributed by atoms with Crippen LogP contribution in [0.2, 0.25) is 0 Å². The Morgan fingerprint density at radius 1 is 1.24 bits per heavy atom. The molecule has 25 heavy (non-hydrogen) atoms. The summed E-state index contributed by atoms with van der Waals surface area (Å²) in [4.78, 5) is 35.8. The van der Waals surface area contributed by atoms with Crippen LogP contribution in [0.4, 0.5) is 5.69 Å². The topological polar surface area (TPSA) is 102 Å². The van der Waals surface area contributed by atoms with E-state index in [1.54, 1.807) is 20.0 Å². The maximum absolute atomic E-state index is 12.3. The van der Waals surface area contributed by atoms with Gasteiger partial charge in [-0.2, -0.15) is 0 Å². The summed E-state index contributed by atoms with van der Waals surface area (Å²) in [7, 11) is 1.58. The van der Waals surface area contributed by atoms with Crippen LogP contribution in [0.3, 0.4) is 0 Å². The lowest BCUT2D eigenvalue weighted by molar-refractivity contribution is -0.115. The molecule has 2 N–H and O–H groups in total. The van der Waals surface area contributed by atoms with Gasteiger partial charge in [0.05, 0.1) is 17.7 Å². The molecule has 0 atom stereocenters. The molecule has 0 aliphatic rings. The minimum atomic E-state index is -0.619. The number of rotatable bonds is 3. The van der Waals surface area contributed by atoms with Crippen molar-refractivity contribution >= 4 is 22.6 Å². The number of pyridine rings is 1. The quantitative estimate of drug-likeness (QED) is 0.707. The number of hydrogen-bond acceptors (Lipinski definition) is 5. The minimum Gasteiger partial charge on any atom is -0.508 e. The monoisotopic (exact) mass is 340 g/mol. The number of phenolic OH excluding ortho intramolecular Hbond substituents is 1. The summed E-state index contributed by atoms with van der Waals surface area (Å²) in [6.07, 6.45) is 1.34. The molecule has 1 aromatic carbocycles. The predicted molar refractivity (Wildman–Crippen MR) is 92.9 cm³/mol. The first kappa shape index (κ1) is 16.5. The Morgan fingerprint density at radius 2 is 2.00 bits per heavy atom. The normalized spacial score (nSPS) is 10.8. The molecule has 7 heteroatoms. The van der Waals surface area contributed by atoms with E-state index in [0.717, 1.165) is 0 Å². The summed E-state index contributed by atoms with van der Waals surface area (Å²) in [6, 6.07) is 7.33. The number of benzene rings is 1. The lowest BCUT2D eigenvalue weighted by Gasteiger charge is -2.09. The number of carbonyl (C=O) groups is 1. The third-order valence-electron chi connectivity index (χ3n) is 3.98. The number of anilines is 1. The zero-order valence-electron chi connectivity index (χ0n) is 13.7. The molecule has 2 heterocycles. The van der Waals surface area contributed by atoms with Gasteiger partial charge in [0.2, 0.25) is 11.5 Å². The number of aromatic nitrogens is 1. The molecule has 0 aliphatic carbocycles. The van der Waals surface area contributed by atoms with Crippen LogP contribution < -0.4 is 16.5 Å². The maximum atomic E-state index is 12.3. The SMILES string of the molecule is Cc1c(CC(=O)Nc2ccc(=O)n(C)c2)c(=O)oc2cc(O)ccc12. The number of carbonyl (C=O) groups excluding carboxylic acids is 1. The molecule has 0 unspecified atom stereocenters. The lowest BCUT2D eigenvalue weighted by atomic mass is 10.0. The number of amides is 1. The maximum Gasteiger partial charge on any atom is 0.340 e. The Hall–Kier alpha value is -3.35.